The number of ketones is 1. The fourth-order valence-corrected chi connectivity index (χ4v) is 7.98. The maximum Gasteiger partial charge on any atom is 0.508 e. The molecule has 0 amide bonds. The molecular weight excluding hydrogens is 506 g/mol. The van der Waals surface area contributed by atoms with Crippen LogP contribution in [-0.4, -0.2) is 41.4 Å². The molecule has 2 fully saturated rings. The monoisotopic (exact) mass is 539 g/mol. The average molecular weight is 540 g/mol. The lowest BCUT2D eigenvalue weighted by atomic mass is 9.44. The molecule has 0 aromatic heterocycles. The zero-order valence-corrected chi connectivity index (χ0v) is 22.3. The molecule has 4 aliphatic rings. The Kier molecular flexibility index (Phi) is 5.89. The Morgan fingerprint density at radius 3 is 2.60 bits per heavy atom. The van der Waals surface area contributed by atoms with Gasteiger partial charge in [-0.3, -0.25) is 4.79 Å². The van der Waals surface area contributed by atoms with Crippen molar-refractivity contribution in [1.29, 1.82) is 0 Å². The van der Waals surface area contributed by atoms with E-state index in [0.717, 1.165) is 23.1 Å². The van der Waals surface area contributed by atoms with E-state index in [1.807, 2.05) is 24.3 Å². The lowest BCUT2D eigenvalue weighted by Crippen LogP contribution is -2.74. The standard InChI is InChI=1S/C33H33NO6/c34-25-14-16-32-28-23-12-13-26(35)29(28)39-30(32)27(36)15-17-33(32,24(25)19-23)40-31(37)38-18-4-5-20-8-10-22(11-9-20)21-6-2-1-3-7-21/h1-3,6-13,24-25,30,35H,4-5,14-19,34H2. The van der Waals surface area contributed by atoms with E-state index >= 15 is 0 Å². The zero-order valence-electron chi connectivity index (χ0n) is 22.3. The number of phenolic OH excluding ortho intramolecular Hbond substituents is 1. The van der Waals surface area contributed by atoms with E-state index in [9.17, 15) is 14.7 Å². The molecule has 5 unspecified atom stereocenters. The van der Waals surface area contributed by atoms with E-state index < -0.39 is 23.3 Å². The third kappa shape index (κ3) is 3.60. The summed E-state index contributed by atoms with van der Waals surface area (Å²) in [6.45, 7) is 0.223. The molecule has 7 rings (SSSR count). The highest BCUT2D eigenvalue weighted by atomic mass is 16.7. The van der Waals surface area contributed by atoms with Gasteiger partial charge in [0.1, 0.15) is 5.60 Å². The first kappa shape index (κ1) is 25.1. The molecule has 1 aliphatic heterocycles. The molecule has 5 atom stereocenters. The van der Waals surface area contributed by atoms with Crippen molar-refractivity contribution in [3.05, 3.63) is 83.4 Å². The predicted molar refractivity (Wildman–Crippen MR) is 148 cm³/mol. The minimum Gasteiger partial charge on any atom is -0.504 e. The van der Waals surface area contributed by atoms with E-state index in [2.05, 4.69) is 36.4 Å². The van der Waals surface area contributed by atoms with Gasteiger partial charge in [0.15, 0.2) is 23.4 Å². The first-order valence-corrected chi connectivity index (χ1v) is 14.2. The van der Waals surface area contributed by atoms with Gasteiger partial charge in [-0.15, -0.1) is 0 Å². The highest BCUT2D eigenvalue weighted by Gasteiger charge is 2.75. The smallest absolute Gasteiger partial charge is 0.504 e. The Morgan fingerprint density at radius 2 is 1.80 bits per heavy atom. The van der Waals surface area contributed by atoms with E-state index in [1.165, 1.54) is 11.1 Å². The Hall–Kier alpha value is -3.84. The number of hydrogen-bond acceptors (Lipinski definition) is 7. The maximum absolute atomic E-state index is 13.2. The minimum absolute atomic E-state index is 0.0110. The van der Waals surface area contributed by atoms with E-state index in [-0.39, 0.29) is 36.5 Å². The van der Waals surface area contributed by atoms with Crippen LogP contribution in [0.1, 0.15) is 48.8 Å². The van der Waals surface area contributed by atoms with Crippen LogP contribution in [0.2, 0.25) is 0 Å². The summed E-state index contributed by atoms with van der Waals surface area (Å²) < 4.78 is 18.1. The quantitative estimate of drug-likeness (QED) is 0.326. The van der Waals surface area contributed by atoms with Gasteiger partial charge in [-0.2, -0.15) is 0 Å². The first-order valence-electron chi connectivity index (χ1n) is 14.2. The SMILES string of the molecule is NC1CCC23c4c5ccc(O)c4OC2C(=O)CCC3(OC(=O)OCCCc2ccc(-c3ccccc3)cc2)C1C5. The molecule has 3 N–H and O–H groups in total. The van der Waals surface area contributed by atoms with Crippen molar-refractivity contribution in [2.24, 2.45) is 11.7 Å². The molecule has 3 aromatic carbocycles. The Balaban J connectivity index is 1.07. The topological polar surface area (TPSA) is 108 Å². The van der Waals surface area contributed by atoms with Gasteiger partial charge in [0.2, 0.25) is 0 Å². The van der Waals surface area contributed by atoms with Crippen LogP contribution in [0.4, 0.5) is 4.79 Å². The van der Waals surface area contributed by atoms with E-state index in [1.54, 1.807) is 6.07 Å². The van der Waals surface area contributed by atoms with Gasteiger partial charge >= 0.3 is 6.16 Å². The number of aromatic hydroxyl groups is 1. The number of phenols is 1. The number of nitrogens with two attached hydrogens (primary N) is 1. The number of carbonyl (C=O) groups excluding carboxylic acids is 2. The summed E-state index contributed by atoms with van der Waals surface area (Å²) in [5.74, 6) is 0.172. The fraction of sp³-hybridized carbons (Fsp3) is 0.394. The molecule has 2 saturated carbocycles. The maximum atomic E-state index is 13.2. The summed E-state index contributed by atoms with van der Waals surface area (Å²) in [5, 5.41) is 10.6. The minimum atomic E-state index is -1.01. The highest BCUT2D eigenvalue weighted by molar-refractivity contribution is 5.90. The second-order valence-corrected chi connectivity index (χ2v) is 11.7. The normalized spacial score (nSPS) is 29.3. The second kappa shape index (κ2) is 9.37. The summed E-state index contributed by atoms with van der Waals surface area (Å²) in [5.41, 5.74) is 10.1. The molecule has 40 heavy (non-hydrogen) atoms. The van der Waals surface area contributed by atoms with Crippen LogP contribution in [-0.2, 0) is 32.5 Å². The van der Waals surface area contributed by atoms with Crippen molar-refractivity contribution >= 4 is 11.9 Å². The third-order valence-electron chi connectivity index (χ3n) is 9.73. The van der Waals surface area contributed by atoms with Gasteiger partial charge in [-0.1, -0.05) is 60.7 Å². The molecule has 7 nitrogen and oxygen atoms in total. The van der Waals surface area contributed by atoms with Crippen LogP contribution in [0, 0.1) is 5.92 Å². The summed E-state index contributed by atoms with van der Waals surface area (Å²) in [6, 6.07) is 22.0. The van der Waals surface area contributed by atoms with Crippen LogP contribution >= 0.6 is 0 Å². The predicted octanol–water partition coefficient (Wildman–Crippen LogP) is 5.24. The van der Waals surface area contributed by atoms with Crippen LogP contribution in [0.15, 0.2) is 66.7 Å². The van der Waals surface area contributed by atoms with E-state index in [0.29, 0.717) is 37.9 Å². The number of aryl methyl sites for hydroxylation is 1. The molecule has 1 heterocycles. The largest absolute Gasteiger partial charge is 0.508 e. The van der Waals surface area contributed by atoms with Crippen molar-refractivity contribution in [2.45, 2.75) is 68.1 Å². The zero-order chi connectivity index (χ0) is 27.5. The van der Waals surface area contributed by atoms with Crippen molar-refractivity contribution in [1.82, 2.24) is 0 Å². The Labute approximate surface area is 233 Å². The van der Waals surface area contributed by atoms with Crippen molar-refractivity contribution in [3.8, 4) is 22.6 Å². The van der Waals surface area contributed by atoms with Crippen LogP contribution in [0.3, 0.4) is 0 Å². The van der Waals surface area contributed by atoms with Gasteiger partial charge in [0.25, 0.3) is 0 Å². The molecule has 3 aromatic rings. The molecule has 2 bridgehead atoms. The van der Waals surface area contributed by atoms with Gasteiger partial charge in [-0.25, -0.2) is 4.79 Å². The highest BCUT2D eigenvalue weighted by Crippen LogP contribution is 2.68. The number of hydrogen-bond donors (Lipinski definition) is 2. The van der Waals surface area contributed by atoms with Crippen molar-refractivity contribution in [2.75, 3.05) is 6.61 Å². The summed E-state index contributed by atoms with van der Waals surface area (Å²) in [7, 11) is 0. The molecular formula is C33H33NO6. The lowest BCUT2D eigenvalue weighted by Gasteiger charge is -2.62. The Bertz CT molecular complexity index is 1470. The molecule has 0 saturated heterocycles. The van der Waals surface area contributed by atoms with Gasteiger partial charge in [-0.05, 0) is 66.8 Å². The van der Waals surface area contributed by atoms with Crippen LogP contribution in [0.25, 0.3) is 11.1 Å². The molecule has 3 aliphatic carbocycles. The van der Waals surface area contributed by atoms with Crippen LogP contribution in [0.5, 0.6) is 11.5 Å². The lowest BCUT2D eigenvalue weighted by molar-refractivity contribution is -0.189. The van der Waals surface area contributed by atoms with Crippen molar-refractivity contribution in [3.63, 3.8) is 0 Å². The molecule has 206 valence electrons. The summed E-state index contributed by atoms with van der Waals surface area (Å²) in [6.07, 6.45) is 2.34. The fourth-order valence-electron chi connectivity index (χ4n) is 7.98. The van der Waals surface area contributed by atoms with Gasteiger partial charge in [0, 0.05) is 23.9 Å². The molecule has 1 spiro atoms. The Morgan fingerprint density at radius 1 is 1.02 bits per heavy atom. The second-order valence-electron chi connectivity index (χ2n) is 11.7. The number of Topliss-reactive ketones (excluding diaryl/α,β-unsaturated/α-hetero) is 1. The van der Waals surface area contributed by atoms with E-state index in [4.69, 9.17) is 19.9 Å². The third-order valence-corrected chi connectivity index (χ3v) is 9.73. The summed E-state index contributed by atoms with van der Waals surface area (Å²) >= 11 is 0. The first-order chi connectivity index (χ1) is 19.4. The summed E-state index contributed by atoms with van der Waals surface area (Å²) in [4.78, 5) is 26.4. The molecule has 0 radical (unpaired) electrons. The number of carbonyl (C=O) groups is 2. The molecule has 7 heteroatoms. The number of benzene rings is 3. The number of ether oxygens (including phenoxy) is 3. The van der Waals surface area contributed by atoms with Crippen molar-refractivity contribution < 1.29 is 28.9 Å². The number of rotatable bonds is 6. The van der Waals surface area contributed by atoms with Crippen LogP contribution < -0.4 is 10.5 Å². The van der Waals surface area contributed by atoms with Gasteiger partial charge in [0.05, 0.1) is 12.0 Å². The van der Waals surface area contributed by atoms with Gasteiger partial charge < -0.3 is 25.1 Å². The average Bonchev–Trinajstić information content (AvgIpc) is 3.34.